The molecule has 0 atom stereocenters. The second-order valence-corrected chi connectivity index (χ2v) is 6.63. The van der Waals surface area contributed by atoms with Gasteiger partial charge in [0.1, 0.15) is 0 Å². The first-order chi connectivity index (χ1) is 9.95. The molecule has 7 nitrogen and oxygen atoms in total. The molecule has 0 spiro atoms. The number of unbranched alkanes of at least 4 members (excludes halogenated alkanes) is 1. The van der Waals surface area contributed by atoms with E-state index in [9.17, 15) is 13.2 Å². The largest absolute Gasteiger partial charge is 0.351 e. The summed E-state index contributed by atoms with van der Waals surface area (Å²) in [4.78, 5) is 16.1. The Morgan fingerprint density at radius 2 is 2.14 bits per heavy atom. The van der Waals surface area contributed by atoms with Crippen molar-refractivity contribution in [1.82, 2.24) is 14.7 Å². The highest BCUT2D eigenvalue weighted by Crippen LogP contribution is 2.16. The minimum absolute atomic E-state index is 0.115. The normalized spacial score (nSPS) is 11.7. The zero-order valence-electron chi connectivity index (χ0n) is 11.7. The second kappa shape index (κ2) is 6.23. The van der Waals surface area contributed by atoms with Crippen molar-refractivity contribution in [1.29, 1.82) is 0 Å². The van der Waals surface area contributed by atoms with Crippen LogP contribution in [0.3, 0.4) is 0 Å². The van der Waals surface area contributed by atoms with Crippen LogP contribution in [0.4, 0.5) is 0 Å². The maximum absolute atomic E-state index is 12.1. The number of imidazole rings is 1. The number of carbonyl (C=O) groups is 1. The van der Waals surface area contributed by atoms with E-state index in [0.29, 0.717) is 18.6 Å². The number of carbonyl (C=O) groups excluding carboxylic acids is 1. The average molecular weight is 310 g/mol. The van der Waals surface area contributed by atoms with Crippen molar-refractivity contribution in [3.05, 3.63) is 30.1 Å². The lowest BCUT2D eigenvalue weighted by Crippen LogP contribution is -2.25. The summed E-state index contributed by atoms with van der Waals surface area (Å²) in [6.07, 6.45) is 4.23. The van der Waals surface area contributed by atoms with Crippen LogP contribution in [0.5, 0.6) is 0 Å². The van der Waals surface area contributed by atoms with Crippen LogP contribution in [0, 0.1) is 0 Å². The summed E-state index contributed by atoms with van der Waals surface area (Å²) >= 11 is 0. The van der Waals surface area contributed by atoms with Crippen LogP contribution >= 0.6 is 0 Å². The number of sulfone groups is 1. The van der Waals surface area contributed by atoms with Gasteiger partial charge < -0.3 is 11.1 Å². The molecule has 8 heteroatoms. The van der Waals surface area contributed by atoms with Gasteiger partial charge in [-0.3, -0.25) is 9.20 Å². The maximum Gasteiger partial charge on any atom is 0.272 e. The highest BCUT2D eigenvalue weighted by molar-refractivity contribution is 7.90. The second-order valence-electron chi connectivity index (χ2n) is 4.72. The third-order valence-electron chi connectivity index (χ3n) is 2.98. The van der Waals surface area contributed by atoms with Gasteiger partial charge in [0.2, 0.25) is 15.0 Å². The smallest absolute Gasteiger partial charge is 0.272 e. The molecule has 0 aliphatic carbocycles. The Kier molecular flexibility index (Phi) is 4.59. The number of fused-ring (bicyclic) bond motifs is 1. The highest BCUT2D eigenvalue weighted by atomic mass is 32.2. The van der Waals surface area contributed by atoms with E-state index in [1.807, 2.05) is 0 Å². The van der Waals surface area contributed by atoms with E-state index in [-0.39, 0.29) is 16.8 Å². The molecule has 0 unspecified atom stereocenters. The van der Waals surface area contributed by atoms with Gasteiger partial charge in [0, 0.05) is 19.0 Å². The summed E-state index contributed by atoms with van der Waals surface area (Å²) in [5.41, 5.74) is 5.97. The first-order valence-corrected chi connectivity index (χ1v) is 8.49. The summed E-state index contributed by atoms with van der Waals surface area (Å²) in [7, 11) is -3.52. The van der Waals surface area contributed by atoms with Gasteiger partial charge in [0.25, 0.3) is 5.91 Å². The van der Waals surface area contributed by atoms with Crippen LogP contribution in [0.15, 0.2) is 29.6 Å². The van der Waals surface area contributed by atoms with Crippen LogP contribution in [0.1, 0.15) is 23.3 Å². The average Bonchev–Trinajstić information content (AvgIpc) is 2.83. The van der Waals surface area contributed by atoms with Crippen molar-refractivity contribution in [3.63, 3.8) is 0 Å². The monoisotopic (exact) mass is 310 g/mol. The van der Waals surface area contributed by atoms with Crippen molar-refractivity contribution in [2.45, 2.75) is 18.0 Å². The topological polar surface area (TPSA) is 107 Å². The molecule has 0 fully saturated rings. The third-order valence-corrected chi connectivity index (χ3v) is 3.93. The molecule has 2 heterocycles. The number of amides is 1. The van der Waals surface area contributed by atoms with Gasteiger partial charge in [-0.1, -0.05) is 6.07 Å². The van der Waals surface area contributed by atoms with Gasteiger partial charge in [0.15, 0.2) is 5.69 Å². The first kappa shape index (κ1) is 15.5. The summed E-state index contributed by atoms with van der Waals surface area (Å²) in [6.45, 7) is 1.05. The van der Waals surface area contributed by atoms with Crippen molar-refractivity contribution < 1.29 is 13.2 Å². The molecule has 0 aromatic carbocycles. The molecule has 2 rings (SSSR count). The lowest BCUT2D eigenvalue weighted by molar-refractivity contribution is 0.0950. The Balaban J connectivity index is 2.34. The number of pyridine rings is 1. The molecule has 0 saturated heterocycles. The van der Waals surface area contributed by atoms with Crippen molar-refractivity contribution in [3.8, 4) is 0 Å². The number of aromatic nitrogens is 2. The molecule has 0 bridgehead atoms. The molecular formula is C13H18N4O3S. The van der Waals surface area contributed by atoms with Crippen LogP contribution in [-0.4, -0.2) is 43.1 Å². The molecule has 0 aliphatic heterocycles. The summed E-state index contributed by atoms with van der Waals surface area (Å²) in [6, 6.07) is 5.08. The molecule has 0 saturated carbocycles. The number of hydrogen-bond donors (Lipinski definition) is 2. The van der Waals surface area contributed by atoms with Gasteiger partial charge >= 0.3 is 0 Å². The minimum Gasteiger partial charge on any atom is -0.351 e. The first-order valence-electron chi connectivity index (χ1n) is 6.60. The van der Waals surface area contributed by atoms with Gasteiger partial charge in [-0.25, -0.2) is 13.4 Å². The predicted octanol–water partition coefficient (Wildman–Crippen LogP) is 0.207. The van der Waals surface area contributed by atoms with Gasteiger partial charge in [-0.2, -0.15) is 0 Å². The number of nitrogens with zero attached hydrogens (tertiary/aromatic N) is 2. The Morgan fingerprint density at radius 1 is 1.38 bits per heavy atom. The quantitative estimate of drug-likeness (QED) is 0.742. The fourth-order valence-electron chi connectivity index (χ4n) is 1.99. The van der Waals surface area contributed by atoms with Crippen molar-refractivity contribution in [2.24, 2.45) is 5.73 Å². The Morgan fingerprint density at radius 3 is 2.81 bits per heavy atom. The van der Waals surface area contributed by atoms with Crippen molar-refractivity contribution >= 4 is 21.3 Å². The van der Waals surface area contributed by atoms with E-state index >= 15 is 0 Å². The predicted molar refractivity (Wildman–Crippen MR) is 78.9 cm³/mol. The number of hydrogen-bond acceptors (Lipinski definition) is 5. The Bertz CT molecular complexity index is 752. The van der Waals surface area contributed by atoms with E-state index in [1.165, 1.54) is 4.40 Å². The molecule has 2 aromatic heterocycles. The summed E-state index contributed by atoms with van der Waals surface area (Å²) in [5, 5.41) is 2.59. The van der Waals surface area contributed by atoms with E-state index < -0.39 is 9.84 Å². The minimum atomic E-state index is -3.52. The zero-order valence-corrected chi connectivity index (χ0v) is 12.6. The molecular weight excluding hydrogens is 292 g/mol. The molecule has 0 aliphatic rings. The van der Waals surface area contributed by atoms with E-state index in [2.05, 4.69) is 10.3 Å². The van der Waals surface area contributed by atoms with Crippen LogP contribution in [0.25, 0.3) is 5.52 Å². The van der Waals surface area contributed by atoms with Crippen LogP contribution in [0.2, 0.25) is 0 Å². The van der Waals surface area contributed by atoms with Crippen LogP contribution < -0.4 is 11.1 Å². The van der Waals surface area contributed by atoms with Gasteiger partial charge in [0.05, 0.1) is 5.52 Å². The highest BCUT2D eigenvalue weighted by Gasteiger charge is 2.22. The molecule has 1 amide bonds. The summed E-state index contributed by atoms with van der Waals surface area (Å²) in [5.74, 6) is -0.384. The molecule has 2 aromatic rings. The molecule has 114 valence electrons. The zero-order chi connectivity index (χ0) is 15.5. The van der Waals surface area contributed by atoms with E-state index in [1.54, 1.807) is 24.4 Å². The number of nitrogens with two attached hydrogens (primary N) is 1. The van der Waals surface area contributed by atoms with E-state index in [4.69, 9.17) is 5.73 Å². The number of rotatable bonds is 6. The fourth-order valence-corrected chi connectivity index (χ4v) is 2.77. The van der Waals surface area contributed by atoms with Gasteiger partial charge in [-0.05, 0) is 31.5 Å². The molecule has 0 radical (unpaired) electrons. The fraction of sp³-hybridized carbons (Fsp3) is 0.385. The van der Waals surface area contributed by atoms with Crippen LogP contribution in [-0.2, 0) is 9.84 Å². The van der Waals surface area contributed by atoms with E-state index in [0.717, 1.165) is 19.1 Å². The van der Waals surface area contributed by atoms with Gasteiger partial charge in [-0.15, -0.1) is 0 Å². The Labute approximate surface area is 123 Å². The third kappa shape index (κ3) is 3.40. The summed E-state index contributed by atoms with van der Waals surface area (Å²) < 4.78 is 24.9. The lowest BCUT2D eigenvalue weighted by atomic mass is 10.3. The maximum atomic E-state index is 12.1. The standard InChI is InChI=1S/C13H18N4O3S/c1-21(19,20)13-16-11(10-6-2-5-9-17(10)13)12(18)15-8-4-3-7-14/h2,5-6,9H,3-4,7-8,14H2,1H3,(H,15,18). The SMILES string of the molecule is CS(=O)(=O)c1nc(C(=O)NCCCCN)c2ccccn12. The van der Waals surface area contributed by atoms with Crippen molar-refractivity contribution in [2.75, 3.05) is 19.3 Å². The lowest BCUT2D eigenvalue weighted by Gasteiger charge is -2.02. The molecule has 3 N–H and O–H groups in total. The number of nitrogens with one attached hydrogen (secondary N) is 1. The Hall–Kier alpha value is -1.93. The molecule has 21 heavy (non-hydrogen) atoms.